The molecule has 2 heteroatoms. The highest BCUT2D eigenvalue weighted by Crippen LogP contribution is 2.67. The Morgan fingerprint density at radius 2 is 1.72 bits per heavy atom. The number of allylic oxidation sites excluding steroid dienone is 1. The second-order valence-corrected chi connectivity index (χ2v) is 10.4. The van der Waals surface area contributed by atoms with E-state index in [1.165, 1.54) is 12.0 Å². The molecule has 1 N–H and O–H groups in total. The molecule has 0 radical (unpaired) electrons. The molecule has 29 heavy (non-hydrogen) atoms. The van der Waals surface area contributed by atoms with Gasteiger partial charge in [0.25, 0.3) is 0 Å². The van der Waals surface area contributed by atoms with Crippen molar-refractivity contribution in [1.82, 2.24) is 0 Å². The van der Waals surface area contributed by atoms with Gasteiger partial charge in [0.1, 0.15) is 5.60 Å². The number of rotatable bonds is 0. The molecule has 6 atom stereocenters. The summed E-state index contributed by atoms with van der Waals surface area (Å²) in [5.41, 5.74) is 1.56. The molecule has 3 saturated carbocycles. The Balaban J connectivity index is 1.45. The predicted molar refractivity (Wildman–Crippen MR) is 115 cm³/mol. The number of hydrogen-bond donors (Lipinski definition) is 1. The van der Waals surface area contributed by atoms with Crippen LogP contribution in [0.3, 0.4) is 0 Å². The van der Waals surface area contributed by atoms with Crippen LogP contribution in [-0.2, 0) is 4.79 Å². The highest BCUT2D eigenvalue weighted by molar-refractivity contribution is 5.91. The van der Waals surface area contributed by atoms with Gasteiger partial charge in [-0.15, -0.1) is 0 Å². The Kier molecular flexibility index (Phi) is 4.34. The number of carbonyl (C=O) groups is 1. The van der Waals surface area contributed by atoms with Crippen LogP contribution >= 0.6 is 0 Å². The largest absolute Gasteiger partial charge is 0.377 e. The molecular weight excluding hydrogens is 356 g/mol. The van der Waals surface area contributed by atoms with Crippen LogP contribution in [0.2, 0.25) is 0 Å². The second kappa shape index (κ2) is 6.58. The first-order valence-electron chi connectivity index (χ1n) is 11.4. The van der Waals surface area contributed by atoms with Crippen molar-refractivity contribution < 1.29 is 9.90 Å². The van der Waals surface area contributed by atoms with Crippen LogP contribution in [0.25, 0.3) is 0 Å². The van der Waals surface area contributed by atoms with Crippen molar-refractivity contribution in [2.24, 2.45) is 28.6 Å². The number of ketones is 1. The third-order valence-electron chi connectivity index (χ3n) is 9.30. The summed E-state index contributed by atoms with van der Waals surface area (Å²) >= 11 is 0. The molecule has 0 spiro atoms. The van der Waals surface area contributed by atoms with Crippen molar-refractivity contribution in [3.05, 3.63) is 47.5 Å². The van der Waals surface area contributed by atoms with Gasteiger partial charge in [-0.1, -0.05) is 49.5 Å². The first kappa shape index (κ1) is 19.1. The quantitative estimate of drug-likeness (QED) is 0.612. The molecule has 0 saturated heterocycles. The molecular formula is C27H32O2. The molecule has 152 valence electrons. The lowest BCUT2D eigenvalue weighted by atomic mass is 9.46. The topological polar surface area (TPSA) is 37.3 Å². The van der Waals surface area contributed by atoms with Crippen LogP contribution in [0.1, 0.15) is 70.8 Å². The van der Waals surface area contributed by atoms with Gasteiger partial charge in [0.2, 0.25) is 0 Å². The van der Waals surface area contributed by atoms with Crippen LogP contribution in [-0.4, -0.2) is 16.5 Å². The zero-order valence-electron chi connectivity index (χ0n) is 17.7. The molecule has 0 bridgehead atoms. The third-order valence-corrected chi connectivity index (χ3v) is 9.30. The van der Waals surface area contributed by atoms with E-state index in [-0.39, 0.29) is 10.8 Å². The van der Waals surface area contributed by atoms with Crippen LogP contribution in [0, 0.1) is 40.4 Å². The Hall–Kier alpha value is -1.85. The first-order chi connectivity index (χ1) is 13.9. The van der Waals surface area contributed by atoms with E-state index in [0.717, 1.165) is 44.1 Å². The van der Waals surface area contributed by atoms with Crippen LogP contribution < -0.4 is 0 Å². The summed E-state index contributed by atoms with van der Waals surface area (Å²) in [6.45, 7) is 4.72. The molecule has 0 aliphatic heterocycles. The number of benzene rings is 1. The summed E-state index contributed by atoms with van der Waals surface area (Å²) in [4.78, 5) is 12.0. The molecule has 1 aromatic carbocycles. The normalized spacial score (nSPS) is 43.3. The number of carbonyl (C=O) groups excluding carboxylic acids is 1. The smallest absolute Gasteiger partial charge is 0.155 e. The molecule has 2 nitrogen and oxygen atoms in total. The van der Waals surface area contributed by atoms with Gasteiger partial charge in [-0.3, -0.25) is 4.79 Å². The minimum absolute atomic E-state index is 0.127. The fraction of sp³-hybridized carbons (Fsp3) is 0.593. The standard InChI is InChI=1S/C27H32O2/c1-25-14-11-21(28)18-20(25)8-9-22-23(25)12-15-26(2)24(22)13-17-27(26,29)16-10-19-6-4-3-5-7-19/h3-7,18,22-24,29H,8-9,11-15,17H2,1-2H3/t22-,23+,24-,25+,26-,27+/m1/s1. The molecule has 0 heterocycles. The van der Waals surface area contributed by atoms with E-state index < -0.39 is 5.60 Å². The van der Waals surface area contributed by atoms with Gasteiger partial charge >= 0.3 is 0 Å². The molecule has 0 aromatic heterocycles. The molecule has 3 fully saturated rings. The van der Waals surface area contributed by atoms with E-state index in [0.29, 0.717) is 30.0 Å². The Labute approximate surface area is 174 Å². The highest BCUT2D eigenvalue weighted by atomic mass is 16.3. The van der Waals surface area contributed by atoms with Gasteiger partial charge in [0.15, 0.2) is 5.78 Å². The van der Waals surface area contributed by atoms with Crippen molar-refractivity contribution >= 4 is 5.78 Å². The van der Waals surface area contributed by atoms with E-state index in [1.807, 2.05) is 36.4 Å². The van der Waals surface area contributed by atoms with E-state index in [1.54, 1.807) is 0 Å². The molecule has 0 unspecified atom stereocenters. The Morgan fingerprint density at radius 3 is 2.52 bits per heavy atom. The summed E-state index contributed by atoms with van der Waals surface area (Å²) in [7, 11) is 0. The lowest BCUT2D eigenvalue weighted by Crippen LogP contribution is -2.54. The first-order valence-corrected chi connectivity index (χ1v) is 11.4. The molecule has 4 aliphatic rings. The summed E-state index contributed by atoms with van der Waals surface area (Å²) in [5.74, 6) is 8.76. The Bertz CT molecular complexity index is 919. The van der Waals surface area contributed by atoms with E-state index in [4.69, 9.17) is 0 Å². The molecule has 5 rings (SSSR count). The van der Waals surface area contributed by atoms with Gasteiger partial charge in [0.05, 0.1) is 0 Å². The molecule has 0 amide bonds. The number of aliphatic hydroxyl groups is 1. The van der Waals surface area contributed by atoms with E-state index in [2.05, 4.69) is 25.7 Å². The van der Waals surface area contributed by atoms with Crippen molar-refractivity contribution in [1.29, 1.82) is 0 Å². The SMILES string of the molecule is C[C@]12CCC(=O)C=C1CC[C@H]1[C@H]3CC[C@@](O)(C#Cc4ccccc4)[C@]3(C)CC[C@@H]12. The summed E-state index contributed by atoms with van der Waals surface area (Å²) in [6, 6.07) is 10.0. The number of hydrogen-bond acceptors (Lipinski definition) is 2. The summed E-state index contributed by atoms with van der Waals surface area (Å²) in [5, 5.41) is 11.7. The lowest BCUT2D eigenvalue weighted by molar-refractivity contribution is -0.119. The maximum absolute atomic E-state index is 12.0. The molecule has 4 aliphatic carbocycles. The van der Waals surface area contributed by atoms with Crippen molar-refractivity contribution in [3.63, 3.8) is 0 Å². The van der Waals surface area contributed by atoms with Gasteiger partial charge in [-0.05, 0) is 86.3 Å². The van der Waals surface area contributed by atoms with Crippen molar-refractivity contribution in [3.8, 4) is 11.8 Å². The van der Waals surface area contributed by atoms with Crippen molar-refractivity contribution in [2.75, 3.05) is 0 Å². The fourth-order valence-electron chi connectivity index (χ4n) is 7.48. The summed E-state index contributed by atoms with van der Waals surface area (Å²) < 4.78 is 0. The maximum Gasteiger partial charge on any atom is 0.155 e. The number of fused-ring (bicyclic) bond motifs is 5. The third kappa shape index (κ3) is 2.77. The van der Waals surface area contributed by atoms with Gasteiger partial charge in [0, 0.05) is 17.4 Å². The monoisotopic (exact) mass is 388 g/mol. The Morgan fingerprint density at radius 1 is 0.966 bits per heavy atom. The maximum atomic E-state index is 12.0. The van der Waals surface area contributed by atoms with E-state index >= 15 is 0 Å². The highest BCUT2D eigenvalue weighted by Gasteiger charge is 2.63. The average molecular weight is 389 g/mol. The van der Waals surface area contributed by atoms with Crippen LogP contribution in [0.5, 0.6) is 0 Å². The average Bonchev–Trinajstić information content (AvgIpc) is 2.99. The van der Waals surface area contributed by atoms with Crippen LogP contribution in [0.4, 0.5) is 0 Å². The minimum Gasteiger partial charge on any atom is -0.377 e. The second-order valence-electron chi connectivity index (χ2n) is 10.4. The minimum atomic E-state index is -0.891. The lowest BCUT2D eigenvalue weighted by Gasteiger charge is -2.58. The van der Waals surface area contributed by atoms with Gasteiger partial charge in [-0.25, -0.2) is 0 Å². The van der Waals surface area contributed by atoms with Crippen LogP contribution in [0.15, 0.2) is 42.0 Å². The zero-order chi connectivity index (χ0) is 20.3. The van der Waals surface area contributed by atoms with Crippen molar-refractivity contribution in [2.45, 2.75) is 70.8 Å². The van der Waals surface area contributed by atoms with E-state index in [9.17, 15) is 9.90 Å². The zero-order valence-corrected chi connectivity index (χ0v) is 17.7. The fourth-order valence-corrected chi connectivity index (χ4v) is 7.48. The summed E-state index contributed by atoms with van der Waals surface area (Å²) in [6.07, 6.45) is 9.97. The molecule has 1 aromatic rings. The van der Waals surface area contributed by atoms with Gasteiger partial charge < -0.3 is 5.11 Å². The van der Waals surface area contributed by atoms with Gasteiger partial charge in [-0.2, -0.15) is 0 Å². The predicted octanol–water partition coefficient (Wildman–Crippen LogP) is 5.30.